The van der Waals surface area contributed by atoms with Crippen LogP contribution in [0.3, 0.4) is 0 Å². The van der Waals surface area contributed by atoms with E-state index in [1.807, 2.05) is 24.5 Å². The van der Waals surface area contributed by atoms with E-state index in [-0.39, 0.29) is 12.5 Å². The number of hydrogen-bond donors (Lipinski definition) is 1. The van der Waals surface area contributed by atoms with Crippen molar-refractivity contribution in [2.24, 2.45) is 0 Å². The number of nitrogens with one attached hydrogen (secondary N) is 1. The zero-order valence-corrected chi connectivity index (χ0v) is 11.9. The molecule has 0 saturated heterocycles. The molecule has 102 valence electrons. The molecule has 1 amide bonds. The predicted molar refractivity (Wildman–Crippen MR) is 75.4 cm³/mol. The summed E-state index contributed by atoms with van der Waals surface area (Å²) >= 11 is 5.79. The van der Waals surface area contributed by atoms with Crippen LogP contribution in [-0.2, 0) is 17.8 Å². The van der Waals surface area contributed by atoms with E-state index in [0.717, 1.165) is 22.6 Å². The van der Waals surface area contributed by atoms with Crippen LogP contribution in [0, 0.1) is 6.92 Å². The van der Waals surface area contributed by atoms with Crippen LogP contribution >= 0.6 is 11.6 Å². The SMILES string of the molecule is CCNC(=O)Cn1c(CCCl)nc2cc(C)cnc21. The number of carbonyl (C=O) groups is 1. The van der Waals surface area contributed by atoms with E-state index < -0.39 is 0 Å². The fourth-order valence-electron chi connectivity index (χ4n) is 2.00. The second kappa shape index (κ2) is 6.02. The van der Waals surface area contributed by atoms with Crippen molar-refractivity contribution in [2.75, 3.05) is 12.4 Å². The Morgan fingerprint density at radius 2 is 2.32 bits per heavy atom. The monoisotopic (exact) mass is 280 g/mol. The summed E-state index contributed by atoms with van der Waals surface area (Å²) in [6.45, 7) is 4.71. The highest BCUT2D eigenvalue weighted by atomic mass is 35.5. The van der Waals surface area contributed by atoms with Crippen molar-refractivity contribution >= 4 is 28.7 Å². The zero-order valence-electron chi connectivity index (χ0n) is 11.1. The largest absolute Gasteiger partial charge is 0.355 e. The van der Waals surface area contributed by atoms with E-state index in [4.69, 9.17) is 11.6 Å². The fourth-order valence-corrected chi connectivity index (χ4v) is 2.17. The van der Waals surface area contributed by atoms with Crippen LogP contribution in [0.15, 0.2) is 12.3 Å². The summed E-state index contributed by atoms with van der Waals surface area (Å²) in [5, 5.41) is 2.78. The summed E-state index contributed by atoms with van der Waals surface area (Å²) in [6, 6.07) is 1.97. The first-order valence-electron chi connectivity index (χ1n) is 6.30. The first kappa shape index (κ1) is 13.8. The van der Waals surface area contributed by atoms with E-state index in [1.54, 1.807) is 6.20 Å². The fraction of sp³-hybridized carbons (Fsp3) is 0.462. The average Bonchev–Trinajstić information content (AvgIpc) is 2.67. The number of hydrogen-bond acceptors (Lipinski definition) is 3. The molecule has 0 spiro atoms. The highest BCUT2D eigenvalue weighted by molar-refractivity contribution is 6.17. The maximum Gasteiger partial charge on any atom is 0.240 e. The minimum Gasteiger partial charge on any atom is -0.355 e. The molecule has 0 aromatic carbocycles. The van der Waals surface area contributed by atoms with Crippen molar-refractivity contribution in [2.45, 2.75) is 26.8 Å². The summed E-state index contributed by atoms with van der Waals surface area (Å²) in [7, 11) is 0. The molecule has 0 aliphatic heterocycles. The van der Waals surface area contributed by atoms with Gasteiger partial charge in [0.15, 0.2) is 5.65 Å². The number of carbonyl (C=O) groups excluding carboxylic acids is 1. The number of likely N-dealkylation sites (N-methyl/N-ethyl adjacent to an activating group) is 1. The van der Waals surface area contributed by atoms with Crippen molar-refractivity contribution in [3.05, 3.63) is 23.7 Å². The van der Waals surface area contributed by atoms with Gasteiger partial charge in [0.1, 0.15) is 17.9 Å². The molecule has 0 saturated carbocycles. The molecule has 0 bridgehead atoms. The molecule has 1 N–H and O–H groups in total. The van der Waals surface area contributed by atoms with Crippen molar-refractivity contribution in [3.63, 3.8) is 0 Å². The number of halogens is 1. The quantitative estimate of drug-likeness (QED) is 0.848. The Morgan fingerprint density at radius 3 is 3.00 bits per heavy atom. The van der Waals surface area contributed by atoms with Crippen LogP contribution in [0.5, 0.6) is 0 Å². The molecule has 2 aromatic rings. The van der Waals surface area contributed by atoms with Crippen LogP contribution in [0.2, 0.25) is 0 Å². The minimum absolute atomic E-state index is 0.0417. The molecule has 6 heteroatoms. The summed E-state index contributed by atoms with van der Waals surface area (Å²) < 4.78 is 1.84. The highest BCUT2D eigenvalue weighted by Crippen LogP contribution is 2.16. The van der Waals surface area contributed by atoms with E-state index >= 15 is 0 Å². The zero-order chi connectivity index (χ0) is 13.8. The molecular weight excluding hydrogens is 264 g/mol. The summed E-state index contributed by atoms with van der Waals surface area (Å²) in [5.74, 6) is 1.23. The van der Waals surface area contributed by atoms with Gasteiger partial charge in [-0.2, -0.15) is 0 Å². The number of fused-ring (bicyclic) bond motifs is 1. The molecule has 0 aliphatic carbocycles. The van der Waals surface area contributed by atoms with Crippen molar-refractivity contribution in [3.8, 4) is 0 Å². The van der Waals surface area contributed by atoms with Gasteiger partial charge >= 0.3 is 0 Å². The second-order valence-electron chi connectivity index (χ2n) is 4.36. The molecule has 0 atom stereocenters. The van der Waals surface area contributed by atoms with Gasteiger partial charge in [-0.05, 0) is 25.5 Å². The summed E-state index contributed by atoms with van der Waals surface area (Å²) in [6.07, 6.45) is 2.40. The number of pyridine rings is 1. The number of amides is 1. The molecule has 2 heterocycles. The predicted octanol–water partition coefficient (Wildman–Crippen LogP) is 1.66. The molecule has 5 nitrogen and oxygen atoms in total. The third-order valence-corrected chi connectivity index (χ3v) is 2.98. The van der Waals surface area contributed by atoms with Crippen LogP contribution in [-0.4, -0.2) is 32.9 Å². The van der Waals surface area contributed by atoms with Crippen LogP contribution in [0.4, 0.5) is 0 Å². The number of aromatic nitrogens is 3. The molecule has 19 heavy (non-hydrogen) atoms. The lowest BCUT2D eigenvalue weighted by Crippen LogP contribution is -2.28. The number of nitrogens with zero attached hydrogens (tertiary/aromatic N) is 3. The number of alkyl halides is 1. The van der Waals surface area contributed by atoms with Gasteiger partial charge in [0.25, 0.3) is 0 Å². The number of aryl methyl sites for hydroxylation is 2. The van der Waals surface area contributed by atoms with Gasteiger partial charge in [0.05, 0.1) is 0 Å². The third kappa shape index (κ3) is 3.04. The van der Waals surface area contributed by atoms with Gasteiger partial charge in [-0.1, -0.05) is 0 Å². The van der Waals surface area contributed by atoms with E-state index in [1.165, 1.54) is 0 Å². The van der Waals surface area contributed by atoms with Crippen molar-refractivity contribution < 1.29 is 4.79 Å². The second-order valence-corrected chi connectivity index (χ2v) is 4.74. The Balaban J connectivity index is 2.42. The highest BCUT2D eigenvalue weighted by Gasteiger charge is 2.14. The molecule has 0 aliphatic rings. The van der Waals surface area contributed by atoms with Gasteiger partial charge in [0.2, 0.25) is 5.91 Å². The normalized spacial score (nSPS) is 10.9. The first-order valence-corrected chi connectivity index (χ1v) is 6.83. The molecule has 0 fully saturated rings. The van der Waals surface area contributed by atoms with Gasteiger partial charge in [-0.25, -0.2) is 9.97 Å². The Kier molecular flexibility index (Phi) is 4.37. The smallest absolute Gasteiger partial charge is 0.240 e. The van der Waals surface area contributed by atoms with Crippen molar-refractivity contribution in [1.29, 1.82) is 0 Å². The standard InChI is InChI=1S/C13H17ClN4O/c1-3-15-12(19)8-18-11(4-5-14)17-10-6-9(2)7-16-13(10)18/h6-7H,3-5,8H2,1-2H3,(H,15,19). The Bertz CT molecular complexity index is 594. The van der Waals surface area contributed by atoms with Crippen LogP contribution < -0.4 is 5.32 Å². The topological polar surface area (TPSA) is 59.8 Å². The molecular formula is C13H17ClN4O. The maximum atomic E-state index is 11.8. The third-order valence-electron chi connectivity index (χ3n) is 2.79. The Labute approximate surface area is 117 Å². The lowest BCUT2D eigenvalue weighted by Gasteiger charge is -2.07. The van der Waals surface area contributed by atoms with Crippen molar-refractivity contribution in [1.82, 2.24) is 19.9 Å². The first-order chi connectivity index (χ1) is 9.15. The Hall–Kier alpha value is -1.62. The summed E-state index contributed by atoms with van der Waals surface area (Å²) in [4.78, 5) is 20.6. The number of imidazole rings is 1. The summed E-state index contributed by atoms with van der Waals surface area (Å²) in [5.41, 5.74) is 2.59. The molecule has 2 rings (SSSR count). The van der Waals surface area contributed by atoms with E-state index in [0.29, 0.717) is 18.8 Å². The lowest BCUT2D eigenvalue weighted by molar-refractivity contribution is -0.121. The Morgan fingerprint density at radius 1 is 1.53 bits per heavy atom. The van der Waals surface area contributed by atoms with Gasteiger partial charge in [-0.3, -0.25) is 4.79 Å². The molecule has 0 unspecified atom stereocenters. The van der Waals surface area contributed by atoms with Gasteiger partial charge in [0, 0.05) is 25.0 Å². The lowest BCUT2D eigenvalue weighted by atomic mass is 10.3. The van der Waals surface area contributed by atoms with E-state index in [9.17, 15) is 4.79 Å². The van der Waals surface area contributed by atoms with Gasteiger partial charge in [-0.15, -0.1) is 11.6 Å². The van der Waals surface area contributed by atoms with E-state index in [2.05, 4.69) is 15.3 Å². The van der Waals surface area contributed by atoms with Crippen LogP contribution in [0.1, 0.15) is 18.3 Å². The maximum absolute atomic E-state index is 11.8. The number of rotatable bonds is 5. The minimum atomic E-state index is -0.0417. The molecule has 0 radical (unpaired) electrons. The molecule has 2 aromatic heterocycles. The van der Waals surface area contributed by atoms with Crippen LogP contribution in [0.25, 0.3) is 11.2 Å². The average molecular weight is 281 g/mol. The van der Waals surface area contributed by atoms with Gasteiger partial charge < -0.3 is 9.88 Å².